The lowest BCUT2D eigenvalue weighted by atomic mass is 10.0. The number of hydrogen-bond donors (Lipinski definition) is 5. The summed E-state index contributed by atoms with van der Waals surface area (Å²) >= 11 is 0. The number of phenolic OH excluding ortho intramolecular Hbond substituents is 5. The van der Waals surface area contributed by atoms with E-state index in [2.05, 4.69) is 0 Å². The van der Waals surface area contributed by atoms with Gasteiger partial charge in [-0.2, -0.15) is 0 Å². The summed E-state index contributed by atoms with van der Waals surface area (Å²) in [5.74, 6) is -1.46. The van der Waals surface area contributed by atoms with Crippen molar-refractivity contribution in [3.05, 3.63) is 107 Å². The van der Waals surface area contributed by atoms with Crippen molar-refractivity contribution < 1.29 is 39.9 Å². The van der Waals surface area contributed by atoms with E-state index < -0.39 is 5.78 Å². The molecule has 8 heteroatoms. The first-order chi connectivity index (χ1) is 16.7. The minimum atomic E-state index is -0.606. The molecule has 4 aromatic rings. The van der Waals surface area contributed by atoms with E-state index in [1.165, 1.54) is 37.4 Å². The fourth-order valence-corrected chi connectivity index (χ4v) is 3.14. The van der Waals surface area contributed by atoms with E-state index in [0.29, 0.717) is 11.3 Å². The van der Waals surface area contributed by atoms with E-state index in [1.807, 2.05) is 6.07 Å². The van der Waals surface area contributed by atoms with Crippen LogP contribution in [0.5, 0.6) is 34.5 Å². The molecule has 0 aliphatic carbocycles. The molecule has 0 bridgehead atoms. The molecule has 0 heterocycles. The highest BCUT2D eigenvalue weighted by Crippen LogP contribution is 2.30. The van der Waals surface area contributed by atoms with Crippen molar-refractivity contribution in [3.63, 3.8) is 0 Å². The number of ketones is 2. The van der Waals surface area contributed by atoms with Gasteiger partial charge in [0.25, 0.3) is 0 Å². The molecule has 178 valence electrons. The Hall–Kier alpha value is -4.98. The van der Waals surface area contributed by atoms with E-state index in [1.54, 1.807) is 36.4 Å². The lowest BCUT2D eigenvalue weighted by Gasteiger charge is -2.06. The normalized spacial score (nSPS) is 10.1. The quantitative estimate of drug-likeness (QED) is 0.268. The first-order valence-corrected chi connectivity index (χ1v) is 10.3. The van der Waals surface area contributed by atoms with E-state index >= 15 is 0 Å². The van der Waals surface area contributed by atoms with Crippen LogP contribution >= 0.6 is 0 Å². The Kier molecular flexibility index (Phi) is 7.58. The van der Waals surface area contributed by atoms with E-state index in [0.717, 1.165) is 12.1 Å². The highest BCUT2D eigenvalue weighted by atomic mass is 16.5. The van der Waals surface area contributed by atoms with Crippen LogP contribution < -0.4 is 4.74 Å². The Bertz CT molecular complexity index is 1310. The second-order valence-electron chi connectivity index (χ2n) is 7.31. The van der Waals surface area contributed by atoms with Crippen molar-refractivity contribution >= 4 is 11.6 Å². The fraction of sp³-hybridized carbons (Fsp3) is 0.0370. The van der Waals surface area contributed by atoms with Gasteiger partial charge in [0.2, 0.25) is 0 Å². The zero-order chi connectivity index (χ0) is 25.5. The summed E-state index contributed by atoms with van der Waals surface area (Å²) in [7, 11) is 1.51. The number of aromatic hydroxyl groups is 5. The van der Waals surface area contributed by atoms with Crippen LogP contribution in [0.1, 0.15) is 31.8 Å². The molecule has 4 rings (SSSR count). The number of hydrogen-bond acceptors (Lipinski definition) is 8. The maximum Gasteiger partial charge on any atom is 0.200 e. The lowest BCUT2D eigenvalue weighted by Crippen LogP contribution is -2.01. The molecule has 8 nitrogen and oxygen atoms in total. The molecule has 0 atom stereocenters. The van der Waals surface area contributed by atoms with Gasteiger partial charge >= 0.3 is 0 Å². The van der Waals surface area contributed by atoms with Crippen molar-refractivity contribution in [2.24, 2.45) is 0 Å². The molecule has 5 N–H and O–H groups in total. The first kappa shape index (κ1) is 24.7. The van der Waals surface area contributed by atoms with Crippen LogP contribution in [0, 0.1) is 0 Å². The number of methoxy groups -OCH3 is 1. The Labute approximate surface area is 200 Å². The molecule has 0 fully saturated rings. The molecule has 0 aliphatic rings. The zero-order valence-electron chi connectivity index (χ0n) is 18.5. The predicted molar refractivity (Wildman–Crippen MR) is 128 cm³/mol. The maximum absolute atomic E-state index is 12.1. The maximum atomic E-state index is 12.1. The summed E-state index contributed by atoms with van der Waals surface area (Å²) in [6, 6.07) is 20.5. The van der Waals surface area contributed by atoms with E-state index in [9.17, 15) is 24.9 Å². The molecule has 0 radical (unpaired) electrons. The third-order valence-electron chi connectivity index (χ3n) is 4.94. The average Bonchev–Trinajstić information content (AvgIpc) is 2.84. The highest BCUT2D eigenvalue weighted by Gasteiger charge is 2.17. The third-order valence-corrected chi connectivity index (χ3v) is 4.94. The van der Waals surface area contributed by atoms with Crippen molar-refractivity contribution in [2.45, 2.75) is 0 Å². The van der Waals surface area contributed by atoms with Crippen LogP contribution in [-0.4, -0.2) is 44.2 Å². The summed E-state index contributed by atoms with van der Waals surface area (Å²) in [5.41, 5.74) is 0.729. The first-order valence-electron chi connectivity index (χ1n) is 10.3. The second-order valence-corrected chi connectivity index (χ2v) is 7.31. The molecule has 0 spiro atoms. The predicted octanol–water partition coefficient (Wildman–Crippen LogP) is 4.37. The molecular weight excluding hydrogens is 452 g/mol. The van der Waals surface area contributed by atoms with Gasteiger partial charge in [-0.1, -0.05) is 30.3 Å². The smallest absolute Gasteiger partial charge is 0.200 e. The highest BCUT2D eigenvalue weighted by molar-refractivity contribution is 6.12. The summed E-state index contributed by atoms with van der Waals surface area (Å²) in [4.78, 5) is 24.1. The summed E-state index contributed by atoms with van der Waals surface area (Å²) in [5, 5.41) is 47.1. The van der Waals surface area contributed by atoms with E-state index in [-0.39, 0.29) is 51.2 Å². The van der Waals surface area contributed by atoms with Crippen LogP contribution in [0.3, 0.4) is 0 Å². The van der Waals surface area contributed by atoms with Gasteiger partial charge in [0.15, 0.2) is 11.6 Å². The minimum absolute atomic E-state index is 0.0474. The Morgan fingerprint density at radius 3 is 1.49 bits per heavy atom. The van der Waals surface area contributed by atoms with Crippen LogP contribution in [-0.2, 0) is 0 Å². The van der Waals surface area contributed by atoms with E-state index in [4.69, 9.17) is 14.9 Å². The summed E-state index contributed by atoms with van der Waals surface area (Å²) in [6.07, 6.45) is 0. The number of benzene rings is 4. The Balaban J connectivity index is 0.000000196. The van der Waals surface area contributed by atoms with Crippen LogP contribution in [0.4, 0.5) is 0 Å². The number of carbonyl (C=O) groups excluding carboxylic acids is 2. The number of phenols is 5. The zero-order valence-corrected chi connectivity index (χ0v) is 18.5. The van der Waals surface area contributed by atoms with Gasteiger partial charge in [-0.05, 0) is 36.4 Å². The molecule has 0 saturated heterocycles. The molecule has 0 aromatic heterocycles. The van der Waals surface area contributed by atoms with Gasteiger partial charge in [-0.25, -0.2) is 0 Å². The van der Waals surface area contributed by atoms with Crippen LogP contribution in [0.2, 0.25) is 0 Å². The summed E-state index contributed by atoms with van der Waals surface area (Å²) in [6.45, 7) is 0. The third kappa shape index (κ3) is 5.88. The van der Waals surface area contributed by atoms with Crippen molar-refractivity contribution in [2.75, 3.05) is 7.11 Å². The van der Waals surface area contributed by atoms with Gasteiger partial charge in [0.1, 0.15) is 34.5 Å². The minimum Gasteiger partial charge on any atom is -0.508 e. The molecule has 4 aromatic carbocycles. The van der Waals surface area contributed by atoms with Gasteiger partial charge in [0.05, 0.1) is 23.8 Å². The SMILES string of the molecule is COc1ccc(C(=O)c2ccccc2)c(O)c1.O=C(c1ccc(O)cc1O)c1ccc(O)cc1O. The Morgan fingerprint density at radius 1 is 0.571 bits per heavy atom. The molecule has 0 unspecified atom stereocenters. The Morgan fingerprint density at radius 2 is 1.03 bits per heavy atom. The second kappa shape index (κ2) is 10.8. The van der Waals surface area contributed by atoms with Crippen molar-refractivity contribution in [1.29, 1.82) is 0 Å². The summed E-state index contributed by atoms with van der Waals surface area (Å²) < 4.78 is 4.96. The lowest BCUT2D eigenvalue weighted by molar-refractivity contribution is 0.102. The topological polar surface area (TPSA) is 145 Å². The van der Waals surface area contributed by atoms with Gasteiger partial charge in [-0.15, -0.1) is 0 Å². The van der Waals surface area contributed by atoms with Crippen LogP contribution in [0.25, 0.3) is 0 Å². The molecule has 0 amide bonds. The van der Waals surface area contributed by atoms with Gasteiger partial charge in [0, 0.05) is 23.8 Å². The van der Waals surface area contributed by atoms with Crippen molar-refractivity contribution in [1.82, 2.24) is 0 Å². The molecule has 0 aliphatic heterocycles. The van der Waals surface area contributed by atoms with Crippen LogP contribution in [0.15, 0.2) is 84.9 Å². The van der Waals surface area contributed by atoms with Gasteiger partial charge < -0.3 is 30.3 Å². The van der Waals surface area contributed by atoms with Crippen molar-refractivity contribution in [3.8, 4) is 34.5 Å². The number of carbonyl (C=O) groups is 2. The molecule has 35 heavy (non-hydrogen) atoms. The number of ether oxygens (including phenoxy) is 1. The average molecular weight is 474 g/mol. The molecular formula is C27H22O8. The number of rotatable bonds is 5. The monoisotopic (exact) mass is 474 g/mol. The fourth-order valence-electron chi connectivity index (χ4n) is 3.14. The molecule has 0 saturated carbocycles. The van der Waals surface area contributed by atoms with Gasteiger partial charge in [-0.3, -0.25) is 9.59 Å². The largest absolute Gasteiger partial charge is 0.508 e. The standard InChI is InChI=1S/C14H12O3.C13H10O5/c1-17-11-7-8-12(13(15)9-11)14(16)10-5-3-2-4-6-10;14-7-1-3-9(11(16)5-7)13(18)10-4-2-8(15)6-12(10)17/h2-9,15H,1H3;1-6,14-17H.